The van der Waals surface area contributed by atoms with Gasteiger partial charge in [-0.1, -0.05) is 6.07 Å². The van der Waals surface area contributed by atoms with Gasteiger partial charge in [0.05, 0.1) is 0 Å². The zero-order chi connectivity index (χ0) is 9.42. The van der Waals surface area contributed by atoms with E-state index in [0.29, 0.717) is 5.88 Å². The van der Waals surface area contributed by atoms with E-state index in [1.807, 2.05) is 0 Å². The van der Waals surface area contributed by atoms with Crippen molar-refractivity contribution < 1.29 is 8.78 Å². The summed E-state index contributed by atoms with van der Waals surface area (Å²) in [7, 11) is 0. The number of alkyl halides is 1. The SMILES string of the molecule is Fc1cccc(F)c1C1CC1CCl. The molecule has 0 saturated heterocycles. The molecule has 0 bridgehead atoms. The minimum absolute atomic E-state index is 0.00120. The average molecular weight is 203 g/mol. The first-order valence-corrected chi connectivity index (χ1v) is 4.77. The summed E-state index contributed by atoms with van der Waals surface area (Å²) in [5.41, 5.74) is 0.216. The van der Waals surface area contributed by atoms with Gasteiger partial charge in [0.2, 0.25) is 0 Å². The molecule has 2 atom stereocenters. The molecule has 0 radical (unpaired) electrons. The smallest absolute Gasteiger partial charge is 0.129 e. The Balaban J connectivity index is 2.30. The minimum atomic E-state index is -0.447. The van der Waals surface area contributed by atoms with Gasteiger partial charge in [-0.25, -0.2) is 8.78 Å². The number of halogens is 3. The van der Waals surface area contributed by atoms with Crippen molar-refractivity contribution in [3.8, 4) is 0 Å². The lowest BCUT2D eigenvalue weighted by molar-refractivity contribution is 0.553. The third-order valence-corrected chi connectivity index (χ3v) is 2.89. The van der Waals surface area contributed by atoms with Crippen LogP contribution in [0.2, 0.25) is 0 Å². The molecular formula is C10H9ClF2. The van der Waals surface area contributed by atoms with Crippen molar-refractivity contribution in [3.63, 3.8) is 0 Å². The number of benzene rings is 1. The normalized spacial score (nSPS) is 26.1. The highest BCUT2D eigenvalue weighted by Crippen LogP contribution is 2.49. The summed E-state index contributed by atoms with van der Waals surface area (Å²) in [6, 6.07) is 3.97. The Hall–Kier alpha value is -0.630. The van der Waals surface area contributed by atoms with Gasteiger partial charge in [-0.05, 0) is 30.4 Å². The second-order valence-electron chi connectivity index (χ2n) is 3.39. The van der Waals surface area contributed by atoms with Gasteiger partial charge < -0.3 is 0 Å². The lowest BCUT2D eigenvalue weighted by Gasteiger charge is -2.02. The van der Waals surface area contributed by atoms with Crippen LogP contribution in [0, 0.1) is 17.6 Å². The maximum absolute atomic E-state index is 13.2. The van der Waals surface area contributed by atoms with Crippen LogP contribution in [0.15, 0.2) is 18.2 Å². The topological polar surface area (TPSA) is 0 Å². The summed E-state index contributed by atoms with van der Waals surface area (Å²) in [5, 5.41) is 0. The summed E-state index contributed by atoms with van der Waals surface area (Å²) in [4.78, 5) is 0. The Kier molecular flexibility index (Phi) is 2.24. The first-order chi connectivity index (χ1) is 6.24. The maximum atomic E-state index is 13.2. The number of hydrogen-bond acceptors (Lipinski definition) is 0. The molecule has 1 aliphatic rings. The molecule has 3 heteroatoms. The van der Waals surface area contributed by atoms with Gasteiger partial charge in [-0.3, -0.25) is 0 Å². The molecule has 1 aromatic rings. The molecule has 1 aliphatic carbocycles. The predicted octanol–water partition coefficient (Wildman–Crippen LogP) is 3.31. The van der Waals surface area contributed by atoms with Crippen molar-refractivity contribution in [1.82, 2.24) is 0 Å². The van der Waals surface area contributed by atoms with E-state index in [0.717, 1.165) is 6.42 Å². The lowest BCUT2D eigenvalue weighted by atomic mass is 10.1. The molecule has 0 aliphatic heterocycles. The molecule has 1 aromatic carbocycles. The second kappa shape index (κ2) is 3.26. The summed E-state index contributed by atoms with van der Waals surface area (Å²) < 4.78 is 26.3. The highest BCUT2D eigenvalue weighted by molar-refractivity contribution is 6.18. The number of rotatable bonds is 2. The highest BCUT2D eigenvalue weighted by Gasteiger charge is 2.40. The monoisotopic (exact) mass is 202 g/mol. The Morgan fingerprint density at radius 3 is 2.38 bits per heavy atom. The Morgan fingerprint density at radius 1 is 1.31 bits per heavy atom. The molecule has 0 spiro atoms. The molecule has 0 amide bonds. The van der Waals surface area contributed by atoms with Gasteiger partial charge in [0.15, 0.2) is 0 Å². The van der Waals surface area contributed by atoms with Gasteiger partial charge in [0, 0.05) is 11.4 Å². The Labute approximate surface area is 80.5 Å². The summed E-state index contributed by atoms with van der Waals surface area (Å²) in [6.07, 6.45) is 0.807. The summed E-state index contributed by atoms with van der Waals surface area (Å²) in [6.45, 7) is 0. The number of hydrogen-bond donors (Lipinski definition) is 0. The van der Waals surface area contributed by atoms with Crippen LogP contribution in [-0.4, -0.2) is 5.88 Å². The highest BCUT2D eigenvalue weighted by atomic mass is 35.5. The van der Waals surface area contributed by atoms with Crippen LogP contribution in [-0.2, 0) is 0 Å². The quantitative estimate of drug-likeness (QED) is 0.646. The van der Waals surface area contributed by atoms with E-state index in [4.69, 9.17) is 11.6 Å². The van der Waals surface area contributed by atoms with E-state index in [-0.39, 0.29) is 17.4 Å². The van der Waals surface area contributed by atoms with Crippen molar-refractivity contribution in [2.75, 3.05) is 5.88 Å². The molecule has 0 aromatic heterocycles. The van der Waals surface area contributed by atoms with Gasteiger partial charge in [-0.2, -0.15) is 0 Å². The lowest BCUT2D eigenvalue weighted by Crippen LogP contribution is -1.94. The zero-order valence-electron chi connectivity index (χ0n) is 6.93. The van der Waals surface area contributed by atoms with Gasteiger partial charge in [0.1, 0.15) is 11.6 Å². The van der Waals surface area contributed by atoms with E-state index in [2.05, 4.69) is 0 Å². The molecule has 0 nitrogen and oxygen atoms in total. The molecular weight excluding hydrogens is 194 g/mol. The molecule has 1 saturated carbocycles. The summed E-state index contributed by atoms with van der Waals surface area (Å²) in [5.74, 6) is -0.152. The first-order valence-electron chi connectivity index (χ1n) is 4.24. The van der Waals surface area contributed by atoms with Crippen molar-refractivity contribution >= 4 is 11.6 Å². The molecule has 2 unspecified atom stereocenters. The fourth-order valence-corrected chi connectivity index (χ4v) is 1.98. The van der Waals surface area contributed by atoms with Gasteiger partial charge in [0.25, 0.3) is 0 Å². The van der Waals surface area contributed by atoms with Gasteiger partial charge in [-0.15, -0.1) is 11.6 Å². The van der Waals surface area contributed by atoms with E-state index in [1.165, 1.54) is 18.2 Å². The first kappa shape index (κ1) is 8.95. The standard InChI is InChI=1S/C10H9ClF2/c11-5-6-4-7(6)10-8(12)2-1-3-9(10)13/h1-3,6-7H,4-5H2. The van der Waals surface area contributed by atoms with Crippen molar-refractivity contribution in [3.05, 3.63) is 35.4 Å². The molecule has 70 valence electrons. The second-order valence-corrected chi connectivity index (χ2v) is 3.70. The average Bonchev–Trinajstić information content (AvgIpc) is 2.83. The predicted molar refractivity (Wildman–Crippen MR) is 47.9 cm³/mol. The van der Waals surface area contributed by atoms with Crippen LogP contribution >= 0.6 is 11.6 Å². The molecule has 1 fully saturated rings. The minimum Gasteiger partial charge on any atom is -0.207 e. The zero-order valence-corrected chi connectivity index (χ0v) is 7.69. The molecule has 0 N–H and O–H groups in total. The Morgan fingerprint density at radius 2 is 1.92 bits per heavy atom. The van der Waals surface area contributed by atoms with Crippen LogP contribution in [0.1, 0.15) is 17.9 Å². The third kappa shape index (κ3) is 1.55. The van der Waals surface area contributed by atoms with Crippen molar-refractivity contribution in [2.24, 2.45) is 5.92 Å². The van der Waals surface area contributed by atoms with Gasteiger partial charge >= 0.3 is 0 Å². The van der Waals surface area contributed by atoms with Crippen molar-refractivity contribution in [1.29, 1.82) is 0 Å². The fraction of sp³-hybridized carbons (Fsp3) is 0.400. The summed E-state index contributed by atoms with van der Waals surface area (Å²) >= 11 is 5.60. The van der Waals surface area contributed by atoms with Crippen LogP contribution < -0.4 is 0 Å². The van der Waals surface area contributed by atoms with Crippen LogP contribution in [0.25, 0.3) is 0 Å². The molecule has 13 heavy (non-hydrogen) atoms. The van der Waals surface area contributed by atoms with Crippen LogP contribution in [0.4, 0.5) is 8.78 Å². The maximum Gasteiger partial charge on any atom is 0.129 e. The van der Waals surface area contributed by atoms with Crippen molar-refractivity contribution in [2.45, 2.75) is 12.3 Å². The van der Waals surface area contributed by atoms with Crippen LogP contribution in [0.5, 0.6) is 0 Å². The third-order valence-electron chi connectivity index (χ3n) is 2.49. The van der Waals surface area contributed by atoms with E-state index >= 15 is 0 Å². The van der Waals surface area contributed by atoms with Crippen LogP contribution in [0.3, 0.4) is 0 Å². The fourth-order valence-electron chi connectivity index (χ4n) is 1.64. The van der Waals surface area contributed by atoms with E-state index < -0.39 is 11.6 Å². The molecule has 0 heterocycles. The van der Waals surface area contributed by atoms with E-state index in [1.54, 1.807) is 0 Å². The van der Waals surface area contributed by atoms with E-state index in [9.17, 15) is 8.78 Å². The Bertz CT molecular complexity index is 304. The largest absolute Gasteiger partial charge is 0.207 e. The molecule has 2 rings (SSSR count).